The molecule has 4 heteroatoms. The Labute approximate surface area is 112 Å². The van der Waals surface area contributed by atoms with Gasteiger partial charge < -0.3 is 10.2 Å². The lowest BCUT2D eigenvalue weighted by atomic mass is 10.1. The van der Waals surface area contributed by atoms with Crippen LogP contribution in [0, 0.1) is 6.92 Å². The van der Waals surface area contributed by atoms with Gasteiger partial charge in [-0.25, -0.2) is 0 Å². The van der Waals surface area contributed by atoms with Gasteiger partial charge in [0.1, 0.15) is 0 Å². The van der Waals surface area contributed by atoms with E-state index in [2.05, 4.69) is 5.32 Å². The van der Waals surface area contributed by atoms with Gasteiger partial charge in [0.05, 0.1) is 6.04 Å². The summed E-state index contributed by atoms with van der Waals surface area (Å²) in [5, 5.41) is 2.96. The van der Waals surface area contributed by atoms with Crippen molar-refractivity contribution in [3.05, 3.63) is 35.4 Å². The zero-order valence-corrected chi connectivity index (χ0v) is 11.1. The Morgan fingerprint density at radius 1 is 1.26 bits per heavy atom. The Kier molecular flexibility index (Phi) is 3.01. The van der Waals surface area contributed by atoms with Crippen molar-refractivity contribution in [3.63, 3.8) is 0 Å². The minimum atomic E-state index is -0.0875. The van der Waals surface area contributed by atoms with Crippen LogP contribution in [0.5, 0.6) is 0 Å². The number of carbonyl (C=O) groups is 2. The molecule has 1 aromatic carbocycles. The third-order valence-electron chi connectivity index (χ3n) is 3.80. The standard InChI is InChI=1S/C15H18N2O2/c1-10-2-4-11(5-3-10)15(19)16-12-8-14(18)17(9-12)13-6-7-13/h2-5,12-13H,6-9H2,1H3,(H,16,19). The smallest absolute Gasteiger partial charge is 0.251 e. The molecule has 1 heterocycles. The fourth-order valence-electron chi connectivity index (χ4n) is 2.54. The molecule has 1 saturated heterocycles. The number of carbonyl (C=O) groups excluding carboxylic acids is 2. The minimum Gasteiger partial charge on any atom is -0.347 e. The number of hydrogen-bond acceptors (Lipinski definition) is 2. The fourth-order valence-corrected chi connectivity index (χ4v) is 2.54. The maximum atomic E-state index is 12.1. The average Bonchev–Trinajstić information content (AvgIpc) is 3.15. The van der Waals surface area contributed by atoms with Crippen molar-refractivity contribution < 1.29 is 9.59 Å². The van der Waals surface area contributed by atoms with E-state index in [0.29, 0.717) is 24.6 Å². The molecule has 4 nitrogen and oxygen atoms in total. The number of amides is 2. The van der Waals surface area contributed by atoms with Gasteiger partial charge >= 0.3 is 0 Å². The molecule has 0 aromatic heterocycles. The van der Waals surface area contributed by atoms with Crippen molar-refractivity contribution in [3.8, 4) is 0 Å². The number of benzene rings is 1. The largest absolute Gasteiger partial charge is 0.347 e. The summed E-state index contributed by atoms with van der Waals surface area (Å²) in [6, 6.07) is 7.88. The number of aryl methyl sites for hydroxylation is 1. The van der Waals surface area contributed by atoms with Crippen LogP contribution in [0.15, 0.2) is 24.3 Å². The summed E-state index contributed by atoms with van der Waals surface area (Å²) in [6.07, 6.45) is 2.67. The maximum absolute atomic E-state index is 12.1. The van der Waals surface area contributed by atoms with Crippen molar-refractivity contribution in [2.24, 2.45) is 0 Å². The van der Waals surface area contributed by atoms with Crippen molar-refractivity contribution in [1.29, 1.82) is 0 Å². The highest BCUT2D eigenvalue weighted by Crippen LogP contribution is 2.30. The molecule has 1 unspecified atom stereocenters. The van der Waals surface area contributed by atoms with Gasteiger partial charge in [0, 0.05) is 24.6 Å². The van der Waals surface area contributed by atoms with Gasteiger partial charge in [-0.15, -0.1) is 0 Å². The highest BCUT2D eigenvalue weighted by atomic mass is 16.2. The van der Waals surface area contributed by atoms with Gasteiger partial charge in [-0.05, 0) is 31.9 Å². The molecule has 1 atom stereocenters. The van der Waals surface area contributed by atoms with Crippen LogP contribution < -0.4 is 5.32 Å². The number of hydrogen-bond donors (Lipinski definition) is 1. The zero-order chi connectivity index (χ0) is 13.4. The van der Waals surface area contributed by atoms with E-state index in [1.54, 1.807) is 0 Å². The molecule has 0 bridgehead atoms. The van der Waals surface area contributed by atoms with Crippen molar-refractivity contribution in [1.82, 2.24) is 10.2 Å². The molecular formula is C15H18N2O2. The summed E-state index contributed by atoms with van der Waals surface area (Å²) < 4.78 is 0. The summed E-state index contributed by atoms with van der Waals surface area (Å²) >= 11 is 0. The molecule has 1 N–H and O–H groups in total. The zero-order valence-electron chi connectivity index (χ0n) is 11.1. The molecular weight excluding hydrogens is 240 g/mol. The fraction of sp³-hybridized carbons (Fsp3) is 0.467. The Hall–Kier alpha value is -1.84. The molecule has 0 radical (unpaired) electrons. The second-order valence-electron chi connectivity index (χ2n) is 5.52. The molecule has 100 valence electrons. The first kappa shape index (κ1) is 12.2. The van der Waals surface area contributed by atoms with E-state index in [9.17, 15) is 9.59 Å². The Balaban J connectivity index is 1.61. The molecule has 1 saturated carbocycles. The summed E-state index contributed by atoms with van der Waals surface area (Å²) in [5.41, 5.74) is 1.79. The van der Waals surface area contributed by atoms with Crippen LogP contribution in [0.4, 0.5) is 0 Å². The van der Waals surface area contributed by atoms with Crippen molar-refractivity contribution >= 4 is 11.8 Å². The van der Waals surface area contributed by atoms with E-state index in [4.69, 9.17) is 0 Å². The van der Waals surface area contributed by atoms with Crippen LogP contribution >= 0.6 is 0 Å². The van der Waals surface area contributed by atoms with Crippen LogP contribution in [0.2, 0.25) is 0 Å². The lowest BCUT2D eigenvalue weighted by molar-refractivity contribution is -0.128. The molecule has 2 aliphatic rings. The predicted molar refractivity (Wildman–Crippen MR) is 71.8 cm³/mol. The van der Waals surface area contributed by atoms with Crippen LogP contribution in [-0.2, 0) is 4.79 Å². The molecule has 1 aromatic rings. The normalized spacial score (nSPS) is 22.7. The first-order valence-electron chi connectivity index (χ1n) is 6.80. The first-order chi connectivity index (χ1) is 9.13. The lowest BCUT2D eigenvalue weighted by Crippen LogP contribution is -2.37. The number of nitrogens with one attached hydrogen (secondary N) is 1. The SMILES string of the molecule is Cc1ccc(C(=O)NC2CC(=O)N(C3CC3)C2)cc1. The molecule has 2 fully saturated rings. The van der Waals surface area contributed by atoms with E-state index < -0.39 is 0 Å². The third-order valence-corrected chi connectivity index (χ3v) is 3.80. The van der Waals surface area contributed by atoms with Crippen molar-refractivity contribution in [2.45, 2.75) is 38.3 Å². The predicted octanol–water partition coefficient (Wildman–Crippen LogP) is 1.49. The van der Waals surface area contributed by atoms with Gasteiger partial charge in [-0.3, -0.25) is 9.59 Å². The maximum Gasteiger partial charge on any atom is 0.251 e. The van der Waals surface area contributed by atoms with Crippen molar-refractivity contribution in [2.75, 3.05) is 6.54 Å². The lowest BCUT2D eigenvalue weighted by Gasteiger charge is -2.16. The second kappa shape index (κ2) is 4.68. The quantitative estimate of drug-likeness (QED) is 0.893. The summed E-state index contributed by atoms with van der Waals surface area (Å²) in [6.45, 7) is 2.66. The average molecular weight is 258 g/mol. The summed E-state index contributed by atoms with van der Waals surface area (Å²) in [4.78, 5) is 25.8. The Morgan fingerprint density at radius 2 is 1.95 bits per heavy atom. The molecule has 0 spiro atoms. The van der Waals surface area contributed by atoms with Gasteiger partial charge in [0.2, 0.25) is 5.91 Å². The number of nitrogens with zero attached hydrogens (tertiary/aromatic N) is 1. The second-order valence-corrected chi connectivity index (χ2v) is 5.52. The molecule has 19 heavy (non-hydrogen) atoms. The van der Waals surface area contributed by atoms with Crippen LogP contribution in [0.3, 0.4) is 0 Å². The number of likely N-dealkylation sites (tertiary alicyclic amines) is 1. The Bertz CT molecular complexity index is 505. The van der Waals surface area contributed by atoms with Gasteiger partial charge in [-0.2, -0.15) is 0 Å². The van der Waals surface area contributed by atoms with E-state index in [-0.39, 0.29) is 17.9 Å². The summed E-state index contributed by atoms with van der Waals surface area (Å²) in [7, 11) is 0. The highest BCUT2D eigenvalue weighted by Gasteiger charge is 2.39. The van der Waals surface area contributed by atoms with Crippen LogP contribution in [0.1, 0.15) is 35.2 Å². The van der Waals surface area contributed by atoms with Gasteiger partial charge in [0.25, 0.3) is 5.91 Å². The van der Waals surface area contributed by atoms with E-state index in [0.717, 1.165) is 18.4 Å². The number of rotatable bonds is 3. The Morgan fingerprint density at radius 3 is 2.58 bits per heavy atom. The molecule has 1 aliphatic heterocycles. The van der Waals surface area contributed by atoms with E-state index in [1.807, 2.05) is 36.1 Å². The third kappa shape index (κ3) is 2.62. The minimum absolute atomic E-state index is 0.0399. The van der Waals surface area contributed by atoms with E-state index in [1.165, 1.54) is 0 Å². The van der Waals surface area contributed by atoms with Gasteiger partial charge in [-0.1, -0.05) is 17.7 Å². The van der Waals surface area contributed by atoms with Gasteiger partial charge in [0.15, 0.2) is 0 Å². The molecule has 1 aliphatic carbocycles. The van der Waals surface area contributed by atoms with E-state index >= 15 is 0 Å². The molecule has 2 amide bonds. The topological polar surface area (TPSA) is 49.4 Å². The first-order valence-corrected chi connectivity index (χ1v) is 6.80. The van der Waals surface area contributed by atoms with Crippen LogP contribution in [-0.4, -0.2) is 35.3 Å². The van der Waals surface area contributed by atoms with Crippen LogP contribution in [0.25, 0.3) is 0 Å². The molecule has 3 rings (SSSR count). The monoisotopic (exact) mass is 258 g/mol. The summed E-state index contributed by atoms with van der Waals surface area (Å²) in [5.74, 6) is 0.0900. The highest BCUT2D eigenvalue weighted by molar-refractivity contribution is 5.95.